The SMILES string of the molecule is CC(=O)c1ccc(OCCC(=O)Nc2ccc(Oc3ccccc3)cc2)cc1. The molecule has 3 aromatic rings. The lowest BCUT2D eigenvalue weighted by Gasteiger charge is -2.09. The summed E-state index contributed by atoms with van der Waals surface area (Å²) >= 11 is 0. The topological polar surface area (TPSA) is 64.6 Å². The minimum atomic E-state index is -0.142. The van der Waals surface area contributed by atoms with E-state index < -0.39 is 0 Å². The van der Waals surface area contributed by atoms with Crippen LogP contribution in [0.25, 0.3) is 0 Å². The van der Waals surface area contributed by atoms with E-state index in [1.54, 1.807) is 48.5 Å². The first-order valence-corrected chi connectivity index (χ1v) is 8.97. The second-order valence-electron chi connectivity index (χ2n) is 6.17. The van der Waals surface area contributed by atoms with Gasteiger partial charge in [-0.2, -0.15) is 0 Å². The zero-order valence-electron chi connectivity index (χ0n) is 15.6. The molecule has 0 heterocycles. The summed E-state index contributed by atoms with van der Waals surface area (Å²) in [6, 6.07) is 23.5. The minimum Gasteiger partial charge on any atom is -0.493 e. The predicted octanol–water partition coefficient (Wildman–Crippen LogP) is 5.09. The van der Waals surface area contributed by atoms with Crippen molar-refractivity contribution in [2.24, 2.45) is 0 Å². The average molecular weight is 375 g/mol. The van der Waals surface area contributed by atoms with Gasteiger partial charge in [0.1, 0.15) is 17.2 Å². The van der Waals surface area contributed by atoms with Crippen LogP contribution in [0.5, 0.6) is 17.2 Å². The second kappa shape index (κ2) is 9.37. The number of benzene rings is 3. The first-order chi connectivity index (χ1) is 13.6. The summed E-state index contributed by atoms with van der Waals surface area (Å²) in [5.41, 5.74) is 1.32. The Morgan fingerprint density at radius 3 is 2.04 bits per heavy atom. The van der Waals surface area contributed by atoms with Crippen LogP contribution in [0.15, 0.2) is 78.9 Å². The third-order valence-electron chi connectivity index (χ3n) is 3.98. The van der Waals surface area contributed by atoms with Crippen molar-refractivity contribution in [3.8, 4) is 17.2 Å². The fourth-order valence-electron chi connectivity index (χ4n) is 2.50. The lowest BCUT2D eigenvalue weighted by atomic mass is 10.1. The van der Waals surface area contributed by atoms with Crippen molar-refractivity contribution in [3.05, 3.63) is 84.4 Å². The Kier molecular flexibility index (Phi) is 6.41. The zero-order chi connectivity index (χ0) is 19.8. The van der Waals surface area contributed by atoms with E-state index in [-0.39, 0.29) is 24.7 Å². The van der Waals surface area contributed by atoms with Crippen LogP contribution in [0.1, 0.15) is 23.7 Å². The number of nitrogens with one attached hydrogen (secondary N) is 1. The molecule has 5 nitrogen and oxygen atoms in total. The molecule has 0 saturated heterocycles. The molecule has 0 atom stereocenters. The molecular formula is C23H21NO4. The number of anilines is 1. The van der Waals surface area contributed by atoms with Crippen LogP contribution in [0.3, 0.4) is 0 Å². The molecule has 28 heavy (non-hydrogen) atoms. The van der Waals surface area contributed by atoms with Crippen molar-refractivity contribution in [2.75, 3.05) is 11.9 Å². The molecule has 142 valence electrons. The van der Waals surface area contributed by atoms with Crippen LogP contribution in [0, 0.1) is 0 Å². The highest BCUT2D eigenvalue weighted by molar-refractivity contribution is 5.94. The first-order valence-electron chi connectivity index (χ1n) is 8.97. The Labute approximate surface area is 163 Å². The molecule has 1 amide bonds. The van der Waals surface area contributed by atoms with Crippen LogP contribution < -0.4 is 14.8 Å². The van der Waals surface area contributed by atoms with E-state index in [9.17, 15) is 9.59 Å². The van der Waals surface area contributed by atoms with E-state index in [1.165, 1.54) is 6.92 Å². The van der Waals surface area contributed by atoms with Gasteiger partial charge in [-0.3, -0.25) is 9.59 Å². The average Bonchev–Trinajstić information content (AvgIpc) is 2.71. The Morgan fingerprint density at radius 1 is 0.786 bits per heavy atom. The van der Waals surface area contributed by atoms with Crippen LogP contribution >= 0.6 is 0 Å². The second-order valence-corrected chi connectivity index (χ2v) is 6.17. The zero-order valence-corrected chi connectivity index (χ0v) is 15.6. The van der Waals surface area contributed by atoms with Crippen molar-refractivity contribution in [3.63, 3.8) is 0 Å². The number of amides is 1. The van der Waals surface area contributed by atoms with Gasteiger partial charge in [-0.25, -0.2) is 0 Å². The van der Waals surface area contributed by atoms with Gasteiger partial charge in [0.2, 0.25) is 5.91 Å². The van der Waals surface area contributed by atoms with Crippen LogP contribution in [0.4, 0.5) is 5.69 Å². The summed E-state index contributed by atoms with van der Waals surface area (Å²) in [6.07, 6.45) is 0.219. The highest BCUT2D eigenvalue weighted by Gasteiger charge is 2.05. The molecule has 3 rings (SSSR count). The van der Waals surface area contributed by atoms with Crippen LogP contribution in [-0.4, -0.2) is 18.3 Å². The largest absolute Gasteiger partial charge is 0.493 e. The van der Waals surface area contributed by atoms with Gasteiger partial charge in [-0.1, -0.05) is 18.2 Å². The van der Waals surface area contributed by atoms with Gasteiger partial charge < -0.3 is 14.8 Å². The Hall–Kier alpha value is -3.60. The third kappa shape index (κ3) is 5.71. The van der Waals surface area contributed by atoms with E-state index >= 15 is 0 Å². The summed E-state index contributed by atoms with van der Waals surface area (Å²) in [6.45, 7) is 1.76. The lowest BCUT2D eigenvalue weighted by molar-refractivity contribution is -0.116. The Balaban J connectivity index is 1.43. The molecule has 0 spiro atoms. The Morgan fingerprint density at radius 2 is 1.39 bits per heavy atom. The smallest absolute Gasteiger partial charge is 0.227 e. The fourth-order valence-corrected chi connectivity index (χ4v) is 2.50. The molecule has 0 aliphatic rings. The number of Topliss-reactive ketones (excluding diaryl/α,β-unsaturated/α-hetero) is 1. The summed E-state index contributed by atoms with van der Waals surface area (Å²) in [7, 11) is 0. The molecule has 3 aromatic carbocycles. The molecule has 0 unspecified atom stereocenters. The number of hydrogen-bond acceptors (Lipinski definition) is 4. The van der Waals surface area contributed by atoms with E-state index in [0.717, 1.165) is 5.75 Å². The highest BCUT2D eigenvalue weighted by Crippen LogP contribution is 2.22. The van der Waals surface area contributed by atoms with Crippen LogP contribution in [-0.2, 0) is 4.79 Å². The number of hydrogen-bond donors (Lipinski definition) is 1. The van der Waals surface area contributed by atoms with E-state index in [1.807, 2.05) is 30.3 Å². The normalized spacial score (nSPS) is 10.2. The number of rotatable bonds is 8. The van der Waals surface area contributed by atoms with E-state index in [4.69, 9.17) is 9.47 Å². The molecule has 0 radical (unpaired) electrons. The van der Waals surface area contributed by atoms with Crippen molar-refractivity contribution in [1.29, 1.82) is 0 Å². The number of ketones is 1. The maximum Gasteiger partial charge on any atom is 0.227 e. The summed E-state index contributed by atoms with van der Waals surface area (Å²) in [5.74, 6) is 1.94. The number of carbonyl (C=O) groups is 2. The number of ether oxygens (including phenoxy) is 2. The molecule has 0 saturated carbocycles. The summed E-state index contributed by atoms with van der Waals surface area (Å²) < 4.78 is 11.3. The molecule has 5 heteroatoms. The van der Waals surface area contributed by atoms with Crippen molar-refractivity contribution in [1.82, 2.24) is 0 Å². The third-order valence-corrected chi connectivity index (χ3v) is 3.98. The van der Waals surface area contributed by atoms with Gasteiger partial charge in [0, 0.05) is 11.3 Å². The molecule has 0 bridgehead atoms. The summed E-state index contributed by atoms with van der Waals surface area (Å²) in [5, 5.41) is 2.82. The monoisotopic (exact) mass is 375 g/mol. The van der Waals surface area contributed by atoms with Gasteiger partial charge in [-0.05, 0) is 67.6 Å². The van der Waals surface area contributed by atoms with Crippen LogP contribution in [0.2, 0.25) is 0 Å². The lowest BCUT2D eigenvalue weighted by Crippen LogP contribution is -2.15. The van der Waals surface area contributed by atoms with Crippen molar-refractivity contribution < 1.29 is 19.1 Å². The maximum atomic E-state index is 12.1. The van der Waals surface area contributed by atoms with Crippen molar-refractivity contribution in [2.45, 2.75) is 13.3 Å². The molecule has 0 aliphatic carbocycles. The fraction of sp³-hybridized carbons (Fsp3) is 0.130. The molecular weight excluding hydrogens is 354 g/mol. The molecule has 0 fully saturated rings. The molecule has 0 aromatic heterocycles. The number of carbonyl (C=O) groups excluding carboxylic acids is 2. The molecule has 0 aliphatic heterocycles. The van der Waals surface area contributed by atoms with Gasteiger partial charge in [0.25, 0.3) is 0 Å². The van der Waals surface area contributed by atoms with Gasteiger partial charge in [0.05, 0.1) is 13.0 Å². The van der Waals surface area contributed by atoms with E-state index in [0.29, 0.717) is 22.7 Å². The highest BCUT2D eigenvalue weighted by atomic mass is 16.5. The number of para-hydroxylation sites is 1. The predicted molar refractivity (Wildman–Crippen MR) is 108 cm³/mol. The first kappa shape index (κ1) is 19.2. The van der Waals surface area contributed by atoms with Crippen molar-refractivity contribution >= 4 is 17.4 Å². The minimum absolute atomic E-state index is 0.00566. The van der Waals surface area contributed by atoms with Gasteiger partial charge >= 0.3 is 0 Å². The standard InChI is InChI=1S/C23H21NO4/c1-17(25)18-7-11-20(12-8-18)27-16-15-23(26)24-19-9-13-22(14-10-19)28-21-5-3-2-4-6-21/h2-14H,15-16H2,1H3,(H,24,26). The maximum absolute atomic E-state index is 12.1. The quantitative estimate of drug-likeness (QED) is 0.557. The van der Waals surface area contributed by atoms with E-state index in [2.05, 4.69) is 5.32 Å². The Bertz CT molecular complexity index is 919. The van der Waals surface area contributed by atoms with Gasteiger partial charge in [-0.15, -0.1) is 0 Å². The summed E-state index contributed by atoms with van der Waals surface area (Å²) in [4.78, 5) is 23.3. The molecule has 1 N–H and O–H groups in total. The van der Waals surface area contributed by atoms with Gasteiger partial charge in [0.15, 0.2) is 5.78 Å².